The molecule has 2 aliphatic rings. The summed E-state index contributed by atoms with van der Waals surface area (Å²) < 4.78 is 16.5. The average Bonchev–Trinajstić information content (AvgIpc) is 3.24. The number of fused-ring (bicyclic) bond motifs is 4. The summed E-state index contributed by atoms with van der Waals surface area (Å²) >= 11 is 0. The van der Waals surface area contributed by atoms with Gasteiger partial charge in [0.15, 0.2) is 0 Å². The summed E-state index contributed by atoms with van der Waals surface area (Å²) in [6, 6.07) is 3.03. The summed E-state index contributed by atoms with van der Waals surface area (Å²) in [5.41, 5.74) is 12.0. The van der Waals surface area contributed by atoms with Gasteiger partial charge in [0.05, 0.1) is 41.7 Å². The molecule has 3 heterocycles. The molecule has 0 radical (unpaired) electrons. The Bertz CT molecular complexity index is 1490. The molecule has 0 bridgehead atoms. The molecule has 1 aromatic carbocycles. The van der Waals surface area contributed by atoms with Gasteiger partial charge in [0.2, 0.25) is 5.91 Å². The first-order chi connectivity index (χ1) is 17.3. The lowest BCUT2D eigenvalue weighted by Crippen LogP contribution is -2.32. The maximum absolute atomic E-state index is 14.9. The number of aliphatic hydroxyl groups excluding tert-OH is 1. The fourth-order valence-electron chi connectivity index (χ4n) is 5.68. The van der Waals surface area contributed by atoms with Gasteiger partial charge >= 0.3 is 0 Å². The molecular formula is C28H31FN4O3. The second-order valence-corrected chi connectivity index (χ2v) is 9.69. The zero-order chi connectivity index (χ0) is 25.7. The second kappa shape index (κ2) is 9.26. The van der Waals surface area contributed by atoms with Gasteiger partial charge in [-0.2, -0.15) is 0 Å². The van der Waals surface area contributed by atoms with Crippen molar-refractivity contribution >= 4 is 22.4 Å². The summed E-state index contributed by atoms with van der Waals surface area (Å²) in [6.07, 6.45) is 2.81. The fraction of sp³-hybridized carbons (Fsp3) is 0.393. The maximum atomic E-state index is 14.9. The standard InChI is InChI=1S/C28H31FN4O3/c1-4-14(2)17-10-23-27-18(12-33(23)28(36)19(17)13-34)26-21(31-24(35)6-5-9-30)8-7-16-15(3)20(29)11-22(32-27)25(16)26/h10-11,21,34H,2,4-9,12-13,30H2,1,3H3,(H,31,35)/t21-/m0/s1. The van der Waals surface area contributed by atoms with Gasteiger partial charge in [-0.05, 0) is 73.0 Å². The Morgan fingerprint density at radius 2 is 2.14 bits per heavy atom. The van der Waals surface area contributed by atoms with Crippen molar-refractivity contribution in [2.75, 3.05) is 6.54 Å². The average molecular weight is 491 g/mol. The summed E-state index contributed by atoms with van der Waals surface area (Å²) in [4.78, 5) is 31.0. The minimum Gasteiger partial charge on any atom is -0.391 e. The van der Waals surface area contributed by atoms with E-state index in [0.29, 0.717) is 72.2 Å². The number of carbonyl (C=O) groups excluding carboxylic acids is 1. The molecule has 1 aliphatic carbocycles. The van der Waals surface area contributed by atoms with Crippen LogP contribution in [0.25, 0.3) is 27.9 Å². The van der Waals surface area contributed by atoms with Crippen LogP contribution >= 0.6 is 0 Å². The Morgan fingerprint density at radius 3 is 2.83 bits per heavy atom. The van der Waals surface area contributed by atoms with Crippen molar-refractivity contribution in [1.82, 2.24) is 14.9 Å². The summed E-state index contributed by atoms with van der Waals surface area (Å²) in [6.45, 7) is 8.13. The minimum atomic E-state index is -0.388. The molecule has 0 saturated carbocycles. The van der Waals surface area contributed by atoms with Gasteiger partial charge in [0, 0.05) is 23.4 Å². The van der Waals surface area contributed by atoms with Crippen LogP contribution in [0.3, 0.4) is 0 Å². The van der Waals surface area contributed by atoms with Gasteiger partial charge < -0.3 is 20.7 Å². The summed E-state index contributed by atoms with van der Waals surface area (Å²) in [5.74, 6) is -0.393. The van der Waals surface area contributed by atoms with E-state index in [-0.39, 0.29) is 36.5 Å². The van der Waals surface area contributed by atoms with Crippen LogP contribution in [0.2, 0.25) is 0 Å². The Labute approximate surface area is 208 Å². The number of nitrogens with one attached hydrogen (secondary N) is 1. The molecule has 8 heteroatoms. The number of amides is 1. The van der Waals surface area contributed by atoms with Gasteiger partial charge in [-0.25, -0.2) is 9.37 Å². The highest BCUT2D eigenvalue weighted by Gasteiger charge is 2.35. The Hall–Kier alpha value is -3.36. The highest BCUT2D eigenvalue weighted by Crippen LogP contribution is 2.45. The van der Waals surface area contributed by atoms with Crippen molar-refractivity contribution in [1.29, 1.82) is 0 Å². The Kier molecular flexibility index (Phi) is 6.26. The molecule has 7 nitrogen and oxygen atoms in total. The van der Waals surface area contributed by atoms with Gasteiger partial charge in [-0.1, -0.05) is 13.5 Å². The van der Waals surface area contributed by atoms with Crippen molar-refractivity contribution in [3.63, 3.8) is 0 Å². The molecule has 0 saturated heterocycles. The highest BCUT2D eigenvalue weighted by molar-refractivity contribution is 5.93. The Morgan fingerprint density at radius 1 is 1.36 bits per heavy atom. The molecule has 5 rings (SSSR count). The van der Waals surface area contributed by atoms with E-state index < -0.39 is 0 Å². The highest BCUT2D eigenvalue weighted by atomic mass is 19.1. The zero-order valence-corrected chi connectivity index (χ0v) is 20.7. The van der Waals surface area contributed by atoms with E-state index in [4.69, 9.17) is 10.7 Å². The van der Waals surface area contributed by atoms with Crippen molar-refractivity contribution in [2.24, 2.45) is 5.73 Å². The lowest BCUT2D eigenvalue weighted by molar-refractivity contribution is -0.122. The number of aromatic nitrogens is 2. The van der Waals surface area contributed by atoms with Crippen molar-refractivity contribution in [3.8, 4) is 11.4 Å². The second-order valence-electron chi connectivity index (χ2n) is 9.69. The lowest BCUT2D eigenvalue weighted by atomic mass is 9.81. The van der Waals surface area contributed by atoms with E-state index >= 15 is 0 Å². The van der Waals surface area contributed by atoms with E-state index in [1.54, 1.807) is 11.5 Å². The van der Waals surface area contributed by atoms with Crippen LogP contribution in [0.4, 0.5) is 4.39 Å². The SMILES string of the molecule is C=C(CC)c1cc2n(c(=O)c1CO)Cc1c-2nc2cc(F)c(C)c3c2c1[C@@H](NC(=O)CCCN)CC3. The van der Waals surface area contributed by atoms with E-state index in [2.05, 4.69) is 11.9 Å². The third-order valence-corrected chi connectivity index (χ3v) is 7.64. The lowest BCUT2D eigenvalue weighted by Gasteiger charge is -2.29. The minimum absolute atomic E-state index is 0.0804. The van der Waals surface area contributed by atoms with Crippen LogP contribution in [-0.4, -0.2) is 27.1 Å². The number of allylic oxidation sites excluding steroid dienone is 1. The molecular weight excluding hydrogens is 459 g/mol. The molecule has 188 valence electrons. The molecule has 1 aliphatic heterocycles. The topological polar surface area (TPSA) is 110 Å². The number of carbonyl (C=O) groups is 1. The number of halogens is 1. The van der Waals surface area contributed by atoms with Gasteiger partial charge in [-0.15, -0.1) is 0 Å². The van der Waals surface area contributed by atoms with Gasteiger partial charge in [0.1, 0.15) is 5.82 Å². The van der Waals surface area contributed by atoms with Crippen LogP contribution < -0.4 is 16.6 Å². The Balaban J connectivity index is 1.77. The van der Waals surface area contributed by atoms with Crippen molar-refractivity contribution in [2.45, 2.75) is 65.1 Å². The van der Waals surface area contributed by atoms with Crippen LogP contribution in [-0.2, 0) is 24.4 Å². The first-order valence-corrected chi connectivity index (χ1v) is 12.5. The molecule has 2 aromatic heterocycles. The zero-order valence-electron chi connectivity index (χ0n) is 20.7. The third kappa shape index (κ3) is 3.67. The predicted molar refractivity (Wildman–Crippen MR) is 138 cm³/mol. The van der Waals surface area contributed by atoms with Crippen molar-refractivity contribution in [3.05, 3.63) is 68.3 Å². The smallest absolute Gasteiger partial charge is 0.257 e. The van der Waals surface area contributed by atoms with Crippen LogP contribution in [0.1, 0.15) is 72.0 Å². The molecule has 36 heavy (non-hydrogen) atoms. The number of hydrogen-bond acceptors (Lipinski definition) is 5. The van der Waals surface area contributed by atoms with Crippen LogP contribution in [0.15, 0.2) is 23.5 Å². The van der Waals surface area contributed by atoms with Gasteiger partial charge in [-0.3, -0.25) is 9.59 Å². The normalized spacial score (nSPS) is 15.6. The summed E-state index contributed by atoms with van der Waals surface area (Å²) in [7, 11) is 0. The van der Waals surface area contributed by atoms with E-state index in [1.807, 2.05) is 13.0 Å². The maximum Gasteiger partial charge on any atom is 0.257 e. The van der Waals surface area contributed by atoms with Crippen LogP contribution in [0.5, 0.6) is 0 Å². The number of nitrogens with two attached hydrogens (primary N) is 1. The monoisotopic (exact) mass is 490 g/mol. The number of benzene rings is 1. The molecule has 4 N–H and O–H groups in total. The summed E-state index contributed by atoms with van der Waals surface area (Å²) in [5, 5.41) is 14.0. The van der Waals surface area contributed by atoms with E-state index in [1.165, 1.54) is 6.07 Å². The molecule has 1 amide bonds. The first kappa shape index (κ1) is 24.3. The van der Waals surface area contributed by atoms with Crippen LogP contribution in [0, 0.1) is 12.7 Å². The van der Waals surface area contributed by atoms with Crippen molar-refractivity contribution < 1.29 is 14.3 Å². The van der Waals surface area contributed by atoms with Gasteiger partial charge in [0.25, 0.3) is 5.56 Å². The van der Waals surface area contributed by atoms with E-state index in [9.17, 15) is 19.1 Å². The quantitative estimate of drug-likeness (QED) is 0.366. The molecule has 1 atom stereocenters. The number of hydrogen-bond donors (Lipinski definition) is 3. The third-order valence-electron chi connectivity index (χ3n) is 7.64. The largest absolute Gasteiger partial charge is 0.391 e. The number of rotatable bonds is 7. The fourth-order valence-corrected chi connectivity index (χ4v) is 5.68. The predicted octanol–water partition coefficient (Wildman–Crippen LogP) is 3.63. The number of aliphatic hydroxyl groups is 1. The first-order valence-electron chi connectivity index (χ1n) is 12.5. The number of pyridine rings is 2. The number of nitrogens with zero attached hydrogens (tertiary/aromatic N) is 2. The molecule has 3 aromatic rings. The number of aryl methyl sites for hydroxylation is 1. The molecule has 0 unspecified atom stereocenters. The van der Waals surface area contributed by atoms with E-state index in [0.717, 1.165) is 27.6 Å². The molecule has 0 spiro atoms. The molecule has 0 fully saturated rings.